The van der Waals surface area contributed by atoms with E-state index < -0.39 is 0 Å². The van der Waals surface area contributed by atoms with E-state index in [4.69, 9.17) is 10.00 Å². The van der Waals surface area contributed by atoms with E-state index in [2.05, 4.69) is 26.7 Å². The first-order valence-electron chi connectivity index (χ1n) is 8.16. The van der Waals surface area contributed by atoms with Crippen LogP contribution >= 0.6 is 0 Å². The number of methoxy groups -OCH3 is 1. The lowest BCUT2D eigenvalue weighted by Crippen LogP contribution is -2.06. The van der Waals surface area contributed by atoms with Crippen LogP contribution in [0.2, 0.25) is 0 Å². The molecule has 0 aliphatic carbocycles. The summed E-state index contributed by atoms with van der Waals surface area (Å²) < 4.78 is 5.16. The summed E-state index contributed by atoms with van der Waals surface area (Å²) in [4.78, 5) is 8.92. The number of nitriles is 1. The van der Waals surface area contributed by atoms with Gasteiger partial charge in [0.2, 0.25) is 5.95 Å². The molecule has 3 aromatic rings. The van der Waals surface area contributed by atoms with Crippen molar-refractivity contribution < 1.29 is 4.74 Å². The molecule has 0 unspecified atom stereocenters. The molecular weight excluding hydrogens is 326 g/mol. The van der Waals surface area contributed by atoms with Crippen molar-refractivity contribution in [3.8, 4) is 11.8 Å². The molecule has 0 fully saturated rings. The van der Waals surface area contributed by atoms with E-state index in [1.807, 2.05) is 49.4 Å². The zero-order chi connectivity index (χ0) is 18.4. The smallest absolute Gasteiger partial charge is 0.225 e. The van der Waals surface area contributed by atoms with Gasteiger partial charge in [0.25, 0.3) is 0 Å². The van der Waals surface area contributed by atoms with Gasteiger partial charge in [0.1, 0.15) is 11.6 Å². The van der Waals surface area contributed by atoms with E-state index in [0.717, 1.165) is 22.7 Å². The van der Waals surface area contributed by atoms with Crippen LogP contribution in [-0.2, 0) is 6.54 Å². The molecule has 3 rings (SSSR count). The fourth-order valence-corrected chi connectivity index (χ4v) is 2.41. The van der Waals surface area contributed by atoms with Gasteiger partial charge >= 0.3 is 0 Å². The number of anilines is 3. The molecular formula is C20H19N5O. The lowest BCUT2D eigenvalue weighted by atomic mass is 10.2. The van der Waals surface area contributed by atoms with Gasteiger partial charge in [-0.1, -0.05) is 12.1 Å². The van der Waals surface area contributed by atoms with Crippen LogP contribution in [0.1, 0.15) is 16.8 Å². The third kappa shape index (κ3) is 4.48. The molecule has 6 heteroatoms. The molecule has 0 aliphatic rings. The number of benzene rings is 2. The van der Waals surface area contributed by atoms with Gasteiger partial charge in [-0.05, 0) is 48.9 Å². The maximum absolute atomic E-state index is 8.87. The van der Waals surface area contributed by atoms with Gasteiger partial charge in [0, 0.05) is 24.0 Å². The number of hydrogen-bond acceptors (Lipinski definition) is 6. The average molecular weight is 345 g/mol. The quantitative estimate of drug-likeness (QED) is 0.702. The molecule has 0 saturated carbocycles. The molecule has 2 N–H and O–H groups in total. The molecule has 1 heterocycles. The lowest BCUT2D eigenvalue weighted by Gasteiger charge is -2.10. The summed E-state index contributed by atoms with van der Waals surface area (Å²) in [5.41, 5.74) is 3.45. The Morgan fingerprint density at radius 2 is 1.77 bits per heavy atom. The van der Waals surface area contributed by atoms with E-state index in [-0.39, 0.29) is 0 Å². The number of hydrogen-bond donors (Lipinski definition) is 2. The largest absolute Gasteiger partial charge is 0.497 e. The molecule has 0 atom stereocenters. The molecule has 0 radical (unpaired) electrons. The van der Waals surface area contributed by atoms with E-state index in [0.29, 0.717) is 23.9 Å². The minimum atomic E-state index is 0.553. The number of nitrogens with zero attached hydrogens (tertiary/aromatic N) is 3. The first-order chi connectivity index (χ1) is 12.7. The fourth-order valence-electron chi connectivity index (χ4n) is 2.41. The van der Waals surface area contributed by atoms with Gasteiger partial charge in [-0.25, -0.2) is 4.98 Å². The molecule has 1 aromatic heterocycles. The van der Waals surface area contributed by atoms with Crippen LogP contribution in [0, 0.1) is 18.3 Å². The minimum Gasteiger partial charge on any atom is -0.497 e. The van der Waals surface area contributed by atoms with Gasteiger partial charge in [-0.3, -0.25) is 0 Å². The Labute approximate surface area is 152 Å². The van der Waals surface area contributed by atoms with E-state index in [1.54, 1.807) is 19.2 Å². The number of aromatic nitrogens is 2. The zero-order valence-electron chi connectivity index (χ0n) is 14.7. The Balaban J connectivity index is 1.69. The molecule has 130 valence electrons. The molecule has 6 nitrogen and oxygen atoms in total. The zero-order valence-corrected chi connectivity index (χ0v) is 14.7. The highest BCUT2D eigenvalue weighted by molar-refractivity contribution is 5.58. The maximum Gasteiger partial charge on any atom is 0.225 e. The van der Waals surface area contributed by atoms with Gasteiger partial charge in [0.05, 0.1) is 18.7 Å². The SMILES string of the molecule is COc1ccc(CNc2nc(C)cc(Nc3ccc(C#N)cc3)n2)cc1. The Kier molecular flexibility index (Phi) is 5.30. The van der Waals surface area contributed by atoms with Crippen molar-refractivity contribution in [2.24, 2.45) is 0 Å². The van der Waals surface area contributed by atoms with Crippen LogP contribution in [0.5, 0.6) is 5.75 Å². The highest BCUT2D eigenvalue weighted by Crippen LogP contribution is 2.18. The molecule has 2 aromatic carbocycles. The normalized spacial score (nSPS) is 10.0. The van der Waals surface area contributed by atoms with Gasteiger partial charge in [-0.15, -0.1) is 0 Å². The lowest BCUT2D eigenvalue weighted by molar-refractivity contribution is 0.414. The van der Waals surface area contributed by atoms with Gasteiger partial charge in [-0.2, -0.15) is 10.2 Å². The van der Waals surface area contributed by atoms with Crippen molar-refractivity contribution in [1.29, 1.82) is 5.26 Å². The van der Waals surface area contributed by atoms with Crippen LogP contribution in [0.15, 0.2) is 54.6 Å². The average Bonchev–Trinajstić information content (AvgIpc) is 2.67. The monoisotopic (exact) mass is 345 g/mol. The minimum absolute atomic E-state index is 0.553. The summed E-state index contributed by atoms with van der Waals surface area (Å²) in [7, 11) is 1.65. The number of rotatable bonds is 6. The molecule has 26 heavy (non-hydrogen) atoms. The Morgan fingerprint density at radius 3 is 2.42 bits per heavy atom. The van der Waals surface area contributed by atoms with E-state index >= 15 is 0 Å². The first kappa shape index (κ1) is 17.2. The van der Waals surface area contributed by atoms with Gasteiger partial charge in [0.15, 0.2) is 0 Å². The first-order valence-corrected chi connectivity index (χ1v) is 8.16. The van der Waals surface area contributed by atoms with Crippen LogP contribution in [0.3, 0.4) is 0 Å². The highest BCUT2D eigenvalue weighted by atomic mass is 16.5. The summed E-state index contributed by atoms with van der Waals surface area (Å²) >= 11 is 0. The van der Waals surface area contributed by atoms with Crippen LogP contribution in [0.25, 0.3) is 0 Å². The predicted molar refractivity (Wildman–Crippen MR) is 102 cm³/mol. The predicted octanol–water partition coefficient (Wildman–Crippen LogP) is 4.02. The summed E-state index contributed by atoms with van der Waals surface area (Å²) in [5, 5.41) is 15.3. The van der Waals surface area contributed by atoms with Crippen molar-refractivity contribution in [3.63, 3.8) is 0 Å². The number of ether oxygens (including phenoxy) is 1. The molecule has 0 aliphatic heterocycles. The topological polar surface area (TPSA) is 82.9 Å². The van der Waals surface area contributed by atoms with Crippen molar-refractivity contribution in [3.05, 3.63) is 71.4 Å². The summed E-state index contributed by atoms with van der Waals surface area (Å²) in [5.74, 6) is 2.07. The van der Waals surface area contributed by atoms with Crippen molar-refractivity contribution in [2.75, 3.05) is 17.7 Å². The second kappa shape index (κ2) is 7.99. The summed E-state index contributed by atoms with van der Waals surface area (Å²) in [6, 6.07) is 19.0. The Morgan fingerprint density at radius 1 is 1.04 bits per heavy atom. The number of nitrogens with one attached hydrogen (secondary N) is 2. The second-order valence-electron chi connectivity index (χ2n) is 5.73. The highest BCUT2D eigenvalue weighted by Gasteiger charge is 2.04. The van der Waals surface area contributed by atoms with Crippen LogP contribution < -0.4 is 15.4 Å². The van der Waals surface area contributed by atoms with Gasteiger partial charge < -0.3 is 15.4 Å². The molecule has 0 amide bonds. The molecule has 0 bridgehead atoms. The third-order valence-electron chi connectivity index (χ3n) is 3.75. The third-order valence-corrected chi connectivity index (χ3v) is 3.75. The molecule has 0 saturated heterocycles. The number of aryl methyl sites for hydroxylation is 1. The summed E-state index contributed by atoms with van der Waals surface area (Å²) in [6.45, 7) is 2.54. The standard InChI is InChI=1S/C20H19N5O/c1-14-11-19(24-17-7-3-15(12-21)4-8-17)25-20(23-14)22-13-16-5-9-18(26-2)10-6-16/h3-11H,13H2,1-2H3,(H2,22,23,24,25). The second-order valence-corrected chi connectivity index (χ2v) is 5.73. The van der Waals surface area contributed by atoms with E-state index in [9.17, 15) is 0 Å². The maximum atomic E-state index is 8.87. The summed E-state index contributed by atoms with van der Waals surface area (Å²) in [6.07, 6.45) is 0. The fraction of sp³-hybridized carbons (Fsp3) is 0.150. The Hall–Kier alpha value is -3.59. The van der Waals surface area contributed by atoms with Crippen molar-refractivity contribution in [2.45, 2.75) is 13.5 Å². The van der Waals surface area contributed by atoms with Crippen LogP contribution in [-0.4, -0.2) is 17.1 Å². The molecule has 0 spiro atoms. The Bertz CT molecular complexity index is 914. The van der Waals surface area contributed by atoms with Crippen molar-refractivity contribution >= 4 is 17.5 Å². The van der Waals surface area contributed by atoms with E-state index in [1.165, 1.54) is 0 Å². The van der Waals surface area contributed by atoms with Crippen molar-refractivity contribution in [1.82, 2.24) is 9.97 Å². The van der Waals surface area contributed by atoms with Crippen LogP contribution in [0.4, 0.5) is 17.5 Å².